The lowest BCUT2D eigenvalue weighted by atomic mass is 9.95. The molecule has 2 fully saturated rings. The number of rotatable bonds is 7. The summed E-state index contributed by atoms with van der Waals surface area (Å²) in [4.78, 5) is 55.4. The number of fused-ring (bicyclic) bond motifs is 1. The minimum absolute atomic E-state index is 0.0676. The molecule has 38 heavy (non-hydrogen) atoms. The van der Waals surface area contributed by atoms with Gasteiger partial charge in [0.25, 0.3) is 5.91 Å². The van der Waals surface area contributed by atoms with E-state index in [0.717, 1.165) is 5.56 Å². The molecule has 0 N–H and O–H groups in total. The number of nitrogens with zero attached hydrogens (tertiary/aromatic N) is 2. The number of hydrogen-bond acceptors (Lipinski definition) is 6. The molecule has 8 heteroatoms. The number of ether oxygens (including phenoxy) is 2. The van der Waals surface area contributed by atoms with Gasteiger partial charge in [-0.15, -0.1) is 0 Å². The van der Waals surface area contributed by atoms with Gasteiger partial charge in [-0.05, 0) is 29.8 Å². The van der Waals surface area contributed by atoms with Crippen molar-refractivity contribution in [3.63, 3.8) is 0 Å². The fourth-order valence-electron chi connectivity index (χ4n) is 5.10. The average Bonchev–Trinajstić information content (AvgIpc) is 3.31. The van der Waals surface area contributed by atoms with Crippen molar-refractivity contribution in [3.8, 4) is 0 Å². The fourth-order valence-corrected chi connectivity index (χ4v) is 5.10. The number of carbonyl (C=O) groups excluding carboxylic acids is 4. The Bertz CT molecular complexity index is 1310. The summed E-state index contributed by atoms with van der Waals surface area (Å²) in [5.74, 6) is -2.44. The highest BCUT2D eigenvalue weighted by molar-refractivity contribution is 6.17. The molecule has 0 spiro atoms. The number of carbonyl (C=O) groups is 4. The monoisotopic (exact) mass is 512 g/mol. The number of urea groups is 1. The van der Waals surface area contributed by atoms with Gasteiger partial charge in [-0.3, -0.25) is 9.59 Å². The van der Waals surface area contributed by atoms with Gasteiger partial charge in [0.15, 0.2) is 0 Å². The minimum atomic E-state index is -0.724. The van der Waals surface area contributed by atoms with Gasteiger partial charge in [-0.2, -0.15) is 4.90 Å². The Morgan fingerprint density at radius 3 is 2.05 bits per heavy atom. The first-order chi connectivity index (χ1) is 18.5. The van der Waals surface area contributed by atoms with Crippen molar-refractivity contribution in [2.45, 2.75) is 38.1 Å². The van der Waals surface area contributed by atoms with E-state index in [9.17, 15) is 19.2 Å². The Kier molecular flexibility index (Phi) is 7.33. The molecule has 3 aromatic carbocycles. The van der Waals surface area contributed by atoms with Crippen LogP contribution in [0.15, 0.2) is 91.0 Å². The van der Waals surface area contributed by atoms with Crippen LogP contribution in [-0.4, -0.2) is 58.4 Å². The quantitative estimate of drug-likeness (QED) is 0.346. The van der Waals surface area contributed by atoms with Crippen LogP contribution in [0, 0.1) is 5.92 Å². The SMILES string of the molecule is C[C@@H]1C(=O)N(C(=O)c2ccccc2)C(=O)N2[C@H](COCc3ccccc3)[C@@H](OC(=O)c3ccccc3)C[C@@H]12. The zero-order chi connectivity index (χ0) is 26.6. The molecule has 8 nitrogen and oxygen atoms in total. The first kappa shape index (κ1) is 25.4. The van der Waals surface area contributed by atoms with E-state index in [2.05, 4.69) is 0 Å². The van der Waals surface area contributed by atoms with Crippen molar-refractivity contribution < 1.29 is 28.7 Å². The Morgan fingerprint density at radius 2 is 1.42 bits per heavy atom. The van der Waals surface area contributed by atoms with Gasteiger partial charge in [0, 0.05) is 18.0 Å². The van der Waals surface area contributed by atoms with Crippen LogP contribution in [0.4, 0.5) is 4.79 Å². The van der Waals surface area contributed by atoms with Gasteiger partial charge in [-0.1, -0.05) is 73.7 Å². The smallest absolute Gasteiger partial charge is 0.338 e. The Hall–Kier alpha value is -4.30. The third-order valence-electron chi connectivity index (χ3n) is 7.11. The normalized spacial score (nSPS) is 22.8. The highest BCUT2D eigenvalue weighted by Gasteiger charge is 2.56. The molecular formula is C30H28N2O6. The maximum absolute atomic E-state index is 13.7. The van der Waals surface area contributed by atoms with Gasteiger partial charge in [-0.25, -0.2) is 9.59 Å². The fraction of sp³-hybridized carbons (Fsp3) is 0.267. The van der Waals surface area contributed by atoms with E-state index in [1.54, 1.807) is 67.6 Å². The molecule has 0 unspecified atom stereocenters. The Labute approximate surface area is 220 Å². The lowest BCUT2D eigenvalue weighted by Crippen LogP contribution is -2.63. The molecule has 194 valence electrons. The third kappa shape index (κ3) is 4.95. The summed E-state index contributed by atoms with van der Waals surface area (Å²) in [5, 5.41) is 0. The van der Waals surface area contributed by atoms with E-state index in [4.69, 9.17) is 9.47 Å². The minimum Gasteiger partial charge on any atom is -0.456 e. The number of hydrogen-bond donors (Lipinski definition) is 0. The van der Waals surface area contributed by atoms with Gasteiger partial charge in [0.05, 0.1) is 30.7 Å². The summed E-state index contributed by atoms with van der Waals surface area (Å²) >= 11 is 0. The molecule has 0 radical (unpaired) electrons. The van der Waals surface area contributed by atoms with E-state index in [-0.39, 0.29) is 18.6 Å². The first-order valence-corrected chi connectivity index (χ1v) is 12.6. The summed E-state index contributed by atoms with van der Waals surface area (Å²) < 4.78 is 11.9. The molecule has 4 amide bonds. The zero-order valence-electron chi connectivity index (χ0n) is 20.9. The van der Waals surface area contributed by atoms with E-state index in [1.165, 1.54) is 4.90 Å². The number of benzene rings is 3. The van der Waals surface area contributed by atoms with Crippen LogP contribution < -0.4 is 0 Å². The maximum Gasteiger partial charge on any atom is 0.338 e. The van der Waals surface area contributed by atoms with E-state index in [1.807, 2.05) is 30.3 Å². The summed E-state index contributed by atoms with van der Waals surface area (Å²) in [6.45, 7) is 2.06. The van der Waals surface area contributed by atoms with Crippen LogP contribution in [0.25, 0.3) is 0 Å². The molecule has 0 aliphatic carbocycles. The molecule has 5 rings (SSSR count). The molecule has 3 aromatic rings. The van der Waals surface area contributed by atoms with E-state index in [0.29, 0.717) is 17.1 Å². The lowest BCUT2D eigenvalue weighted by Gasteiger charge is -2.41. The predicted molar refractivity (Wildman–Crippen MR) is 138 cm³/mol. The number of esters is 1. The predicted octanol–water partition coefficient (Wildman–Crippen LogP) is 4.31. The van der Waals surface area contributed by atoms with Crippen molar-refractivity contribution in [3.05, 3.63) is 108 Å². The van der Waals surface area contributed by atoms with Crippen LogP contribution in [-0.2, 0) is 20.9 Å². The molecule has 2 saturated heterocycles. The third-order valence-corrected chi connectivity index (χ3v) is 7.11. The maximum atomic E-state index is 13.7. The van der Waals surface area contributed by atoms with Crippen LogP contribution in [0.3, 0.4) is 0 Å². The number of imide groups is 3. The van der Waals surface area contributed by atoms with Crippen LogP contribution >= 0.6 is 0 Å². The summed E-state index contributed by atoms with van der Waals surface area (Å²) in [6, 6.07) is 24.5. The second kappa shape index (κ2) is 11.0. The van der Waals surface area contributed by atoms with E-state index < -0.39 is 47.9 Å². The van der Waals surface area contributed by atoms with Crippen molar-refractivity contribution in [1.29, 1.82) is 0 Å². The second-order valence-corrected chi connectivity index (χ2v) is 9.50. The van der Waals surface area contributed by atoms with Gasteiger partial charge >= 0.3 is 12.0 Å². The average molecular weight is 513 g/mol. The molecule has 0 aromatic heterocycles. The van der Waals surface area contributed by atoms with E-state index >= 15 is 0 Å². The van der Waals surface area contributed by atoms with Crippen LogP contribution in [0.1, 0.15) is 39.6 Å². The first-order valence-electron chi connectivity index (χ1n) is 12.6. The number of amides is 4. The molecular weight excluding hydrogens is 484 g/mol. The molecule has 0 saturated carbocycles. The molecule has 4 atom stereocenters. The Morgan fingerprint density at radius 1 is 0.842 bits per heavy atom. The van der Waals surface area contributed by atoms with Crippen molar-refractivity contribution >= 4 is 23.8 Å². The van der Waals surface area contributed by atoms with Gasteiger partial charge in [0.2, 0.25) is 5.91 Å². The highest BCUT2D eigenvalue weighted by Crippen LogP contribution is 2.38. The standard InChI is InChI=1S/C30H28N2O6/c1-20-24-17-26(38-29(35)23-15-9-4-10-16-23)25(19-37-18-21-11-5-2-6-12-21)31(24)30(36)32(27(20)33)28(34)22-13-7-3-8-14-22/h2-16,20,24-26H,17-19H2,1H3/t20-,24-,25+,26-/m0/s1. The lowest BCUT2D eigenvalue weighted by molar-refractivity contribution is -0.135. The summed E-state index contributed by atoms with van der Waals surface area (Å²) in [5.41, 5.74) is 1.58. The van der Waals surface area contributed by atoms with Crippen LogP contribution in [0.2, 0.25) is 0 Å². The van der Waals surface area contributed by atoms with Crippen molar-refractivity contribution in [2.75, 3.05) is 6.61 Å². The van der Waals surface area contributed by atoms with Gasteiger partial charge < -0.3 is 14.4 Å². The van der Waals surface area contributed by atoms with Gasteiger partial charge in [0.1, 0.15) is 6.10 Å². The second-order valence-electron chi connectivity index (χ2n) is 9.50. The Balaban J connectivity index is 1.42. The topological polar surface area (TPSA) is 93.2 Å². The largest absolute Gasteiger partial charge is 0.456 e. The van der Waals surface area contributed by atoms with Crippen LogP contribution in [0.5, 0.6) is 0 Å². The van der Waals surface area contributed by atoms with Crippen molar-refractivity contribution in [1.82, 2.24) is 9.80 Å². The zero-order valence-corrected chi connectivity index (χ0v) is 20.9. The summed E-state index contributed by atoms with van der Waals surface area (Å²) in [6.07, 6.45) is -0.446. The molecule has 0 bridgehead atoms. The summed E-state index contributed by atoms with van der Waals surface area (Å²) in [7, 11) is 0. The molecule has 2 heterocycles. The highest BCUT2D eigenvalue weighted by atomic mass is 16.5. The van der Waals surface area contributed by atoms with Crippen molar-refractivity contribution in [2.24, 2.45) is 5.92 Å². The molecule has 2 aliphatic rings. The molecule has 2 aliphatic heterocycles.